The van der Waals surface area contributed by atoms with Crippen molar-refractivity contribution in [2.45, 2.75) is 132 Å². The molecule has 4 fully saturated rings. The van der Waals surface area contributed by atoms with Crippen molar-refractivity contribution in [2.75, 3.05) is 26.2 Å². The Kier molecular flexibility index (Phi) is 16.4. The fraction of sp³-hybridized carbons (Fsp3) is 0.520. The van der Waals surface area contributed by atoms with Crippen LogP contribution in [0.25, 0.3) is 5.57 Å². The van der Waals surface area contributed by atoms with Gasteiger partial charge in [-0.25, -0.2) is 8.78 Å². The minimum absolute atomic E-state index is 0.0289. The molecule has 2 nitrogen and oxygen atoms in total. The molecule has 1 aliphatic heterocycles. The van der Waals surface area contributed by atoms with Crippen LogP contribution >= 0.6 is 0 Å². The monoisotopic (exact) mass is 739 g/mol. The third-order valence-corrected chi connectivity index (χ3v) is 11.9. The number of aryl methyl sites for hydroxylation is 1. The molecular weight excluding hydrogens is 667 g/mol. The molecule has 4 heteroatoms. The van der Waals surface area contributed by atoms with E-state index in [0.717, 1.165) is 48.7 Å². The summed E-state index contributed by atoms with van der Waals surface area (Å²) in [5, 5.41) is 0. The van der Waals surface area contributed by atoms with Gasteiger partial charge in [0.25, 0.3) is 0 Å². The van der Waals surface area contributed by atoms with E-state index in [-0.39, 0.29) is 12.8 Å². The van der Waals surface area contributed by atoms with E-state index in [1.807, 2.05) is 60.6 Å². The molecule has 1 heterocycles. The third-order valence-electron chi connectivity index (χ3n) is 11.9. The molecule has 3 saturated carbocycles. The van der Waals surface area contributed by atoms with Gasteiger partial charge in [0.05, 0.1) is 0 Å². The standard InChI is InChI=1S/C24H28.C22H32F2N2.2C2H6/c1-17(2)19-9-11-21(12-10-19)23(20-7-5-18(3)6-8-20)22-15-24(16-22)13-4-14-24;1-7-19(17(3)4)15-20(8-2)26-13-11-25(12-14-26)18(5)21(6)9-10-22(23,24)16-21;2*1-2/h5-12,17H,4,13-16H2,1-3H3;7-8,15H,2-3,5,9-14,16H2,1,4,6H3;2*1-2H3/b;19-7+,20-15+;;. The van der Waals surface area contributed by atoms with E-state index >= 15 is 0 Å². The first kappa shape index (κ1) is 44.7. The quantitative estimate of drug-likeness (QED) is 0.236. The number of piperazine rings is 1. The Bertz CT molecular complexity index is 1630. The summed E-state index contributed by atoms with van der Waals surface area (Å²) in [5.74, 6) is -1.96. The Morgan fingerprint density at radius 3 is 1.72 bits per heavy atom. The summed E-state index contributed by atoms with van der Waals surface area (Å²) < 4.78 is 27.4. The number of hydrogen-bond acceptors (Lipinski definition) is 2. The van der Waals surface area contributed by atoms with Crippen LogP contribution < -0.4 is 0 Å². The number of hydrogen-bond donors (Lipinski definition) is 0. The van der Waals surface area contributed by atoms with Crippen LogP contribution in [0, 0.1) is 17.8 Å². The molecule has 1 unspecified atom stereocenters. The van der Waals surface area contributed by atoms with Crippen LogP contribution in [0.3, 0.4) is 0 Å². The van der Waals surface area contributed by atoms with Gasteiger partial charge in [-0.15, -0.1) is 0 Å². The summed E-state index contributed by atoms with van der Waals surface area (Å²) in [6, 6.07) is 18.4. The van der Waals surface area contributed by atoms with Gasteiger partial charge in [0.1, 0.15) is 0 Å². The van der Waals surface area contributed by atoms with Gasteiger partial charge >= 0.3 is 0 Å². The van der Waals surface area contributed by atoms with E-state index in [1.165, 1.54) is 59.9 Å². The van der Waals surface area contributed by atoms with Crippen LogP contribution in [0.2, 0.25) is 0 Å². The maximum absolute atomic E-state index is 13.7. The molecule has 1 atom stereocenters. The van der Waals surface area contributed by atoms with E-state index in [9.17, 15) is 8.78 Å². The Hall–Kier alpha value is -3.66. The zero-order valence-electron chi connectivity index (χ0n) is 35.7. The lowest BCUT2D eigenvalue weighted by Crippen LogP contribution is -2.47. The lowest BCUT2D eigenvalue weighted by atomic mass is 9.53. The van der Waals surface area contributed by atoms with Crippen LogP contribution in [-0.4, -0.2) is 41.9 Å². The molecule has 0 radical (unpaired) electrons. The van der Waals surface area contributed by atoms with Gasteiger partial charge in [0.2, 0.25) is 5.92 Å². The van der Waals surface area contributed by atoms with Gasteiger partial charge in [-0.05, 0) is 104 Å². The minimum Gasteiger partial charge on any atom is -0.371 e. The Morgan fingerprint density at radius 1 is 0.796 bits per heavy atom. The van der Waals surface area contributed by atoms with E-state index in [2.05, 4.69) is 105 Å². The first-order valence-corrected chi connectivity index (χ1v) is 20.8. The molecule has 54 heavy (non-hydrogen) atoms. The van der Waals surface area contributed by atoms with Gasteiger partial charge in [0, 0.05) is 55.8 Å². The van der Waals surface area contributed by atoms with Crippen molar-refractivity contribution in [3.05, 3.63) is 137 Å². The van der Waals surface area contributed by atoms with Crippen molar-refractivity contribution in [2.24, 2.45) is 10.8 Å². The molecule has 0 amide bonds. The lowest BCUT2D eigenvalue weighted by Gasteiger charge is -2.52. The van der Waals surface area contributed by atoms with Gasteiger partial charge in [-0.2, -0.15) is 0 Å². The van der Waals surface area contributed by atoms with Gasteiger partial charge in [-0.3, -0.25) is 0 Å². The highest BCUT2D eigenvalue weighted by Crippen LogP contribution is 2.60. The van der Waals surface area contributed by atoms with E-state index in [0.29, 0.717) is 17.8 Å². The number of alkyl halides is 2. The number of rotatable bonds is 9. The maximum atomic E-state index is 13.7. The van der Waals surface area contributed by atoms with Crippen molar-refractivity contribution in [3.63, 3.8) is 0 Å². The predicted molar refractivity (Wildman–Crippen MR) is 232 cm³/mol. The van der Waals surface area contributed by atoms with Crippen LogP contribution in [0.4, 0.5) is 8.78 Å². The number of benzene rings is 2. The minimum atomic E-state index is -2.55. The van der Waals surface area contributed by atoms with Crippen LogP contribution in [0.5, 0.6) is 0 Å². The first-order valence-electron chi connectivity index (χ1n) is 20.8. The van der Waals surface area contributed by atoms with Crippen molar-refractivity contribution in [1.82, 2.24) is 9.80 Å². The van der Waals surface area contributed by atoms with E-state index in [4.69, 9.17) is 0 Å². The highest BCUT2D eigenvalue weighted by atomic mass is 19.3. The smallest absolute Gasteiger partial charge is 0.249 e. The highest BCUT2D eigenvalue weighted by Gasteiger charge is 2.49. The van der Waals surface area contributed by atoms with Crippen LogP contribution in [0.1, 0.15) is 142 Å². The highest BCUT2D eigenvalue weighted by molar-refractivity contribution is 5.83. The van der Waals surface area contributed by atoms with Crippen molar-refractivity contribution in [3.8, 4) is 0 Å². The second-order valence-corrected chi connectivity index (χ2v) is 16.1. The second kappa shape index (κ2) is 19.8. The number of nitrogens with zero attached hydrogens (tertiary/aromatic N) is 2. The molecule has 1 spiro atoms. The molecule has 0 N–H and O–H groups in total. The molecule has 1 saturated heterocycles. The Balaban J connectivity index is 0.000000266. The fourth-order valence-electron chi connectivity index (χ4n) is 8.35. The third kappa shape index (κ3) is 11.0. The van der Waals surface area contributed by atoms with Crippen molar-refractivity contribution < 1.29 is 8.78 Å². The van der Waals surface area contributed by atoms with Gasteiger partial charge in [0.15, 0.2) is 0 Å². The average molecular weight is 739 g/mol. The molecule has 3 aliphatic carbocycles. The molecule has 0 aromatic heterocycles. The molecule has 296 valence electrons. The maximum Gasteiger partial charge on any atom is 0.249 e. The Labute approximate surface area is 329 Å². The number of halogens is 2. The zero-order chi connectivity index (χ0) is 40.3. The molecule has 4 aliphatic rings. The predicted octanol–water partition coefficient (Wildman–Crippen LogP) is 14.5. The molecule has 6 rings (SSSR count). The summed E-state index contributed by atoms with van der Waals surface area (Å²) in [6.45, 7) is 36.0. The van der Waals surface area contributed by atoms with Gasteiger partial charge in [-0.1, -0.05) is 146 Å². The SMILES string of the molecule is C=C/C(=C\C(=C/C)C(=C)C)N1CCN(C(=C)C2(C)CCC(F)(F)C2)CC1.CC.CC.Cc1ccc(C(=C2CC3(CCC3)C2)c2ccc(C(C)C)cc2)cc1. The largest absolute Gasteiger partial charge is 0.371 e. The molecule has 0 bridgehead atoms. The lowest BCUT2D eigenvalue weighted by molar-refractivity contribution is -0.00181. The zero-order valence-corrected chi connectivity index (χ0v) is 35.7. The first-order chi connectivity index (χ1) is 25.7. The normalized spacial score (nSPS) is 21.3. The van der Waals surface area contributed by atoms with Crippen molar-refractivity contribution >= 4 is 5.57 Å². The molecular formula is C50H72F2N2. The Morgan fingerprint density at radius 2 is 1.31 bits per heavy atom. The topological polar surface area (TPSA) is 6.48 Å². The summed E-state index contributed by atoms with van der Waals surface area (Å²) in [6.07, 6.45) is 13.4. The molecule has 2 aromatic rings. The summed E-state index contributed by atoms with van der Waals surface area (Å²) in [4.78, 5) is 4.47. The average Bonchev–Trinajstić information content (AvgIpc) is 3.44. The van der Waals surface area contributed by atoms with E-state index in [1.54, 1.807) is 5.57 Å². The van der Waals surface area contributed by atoms with Crippen molar-refractivity contribution in [1.29, 1.82) is 0 Å². The fourth-order valence-corrected chi connectivity index (χ4v) is 8.35. The van der Waals surface area contributed by atoms with E-state index < -0.39 is 11.3 Å². The summed E-state index contributed by atoms with van der Waals surface area (Å²) >= 11 is 0. The summed E-state index contributed by atoms with van der Waals surface area (Å²) in [5.41, 5.74) is 13.0. The van der Waals surface area contributed by atoms with Gasteiger partial charge < -0.3 is 9.80 Å². The molecule has 2 aromatic carbocycles. The number of allylic oxidation sites excluding steroid dienone is 7. The van der Waals surface area contributed by atoms with Crippen LogP contribution in [-0.2, 0) is 0 Å². The summed E-state index contributed by atoms with van der Waals surface area (Å²) in [7, 11) is 0. The van der Waals surface area contributed by atoms with Crippen LogP contribution in [0.15, 0.2) is 115 Å². The second-order valence-electron chi connectivity index (χ2n) is 16.1.